The molecule has 0 amide bonds. The Morgan fingerprint density at radius 2 is 1.61 bits per heavy atom. The number of benzene rings is 1. The van der Waals surface area contributed by atoms with Gasteiger partial charge in [0.25, 0.3) is 0 Å². The van der Waals surface area contributed by atoms with Crippen molar-refractivity contribution in [1.82, 2.24) is 4.98 Å². The van der Waals surface area contributed by atoms with E-state index in [1.807, 2.05) is 0 Å². The molecule has 2 rings (SSSR count). The number of carboxylic acid groups (broad SMARTS) is 1. The van der Waals surface area contributed by atoms with Crippen LogP contribution in [0.15, 0.2) is 42.6 Å². The second-order valence-electron chi connectivity index (χ2n) is 3.87. The van der Waals surface area contributed by atoms with Crippen LogP contribution in [-0.2, 0) is 0 Å². The van der Waals surface area contributed by atoms with E-state index < -0.39 is 5.97 Å². The Hall–Kier alpha value is -2.49. The number of Topliss-reactive ketones (excluding diaryl/α,β-unsaturated/α-hetero) is 1. The minimum absolute atomic E-state index is 0.0322. The molecule has 90 valence electrons. The van der Waals surface area contributed by atoms with E-state index >= 15 is 0 Å². The maximum absolute atomic E-state index is 11.1. The molecule has 0 aliphatic heterocycles. The van der Waals surface area contributed by atoms with Gasteiger partial charge in [-0.25, -0.2) is 4.79 Å². The van der Waals surface area contributed by atoms with Crippen molar-refractivity contribution in [2.75, 3.05) is 0 Å². The van der Waals surface area contributed by atoms with Gasteiger partial charge in [-0.1, -0.05) is 12.1 Å². The molecule has 0 aliphatic rings. The van der Waals surface area contributed by atoms with E-state index in [0.29, 0.717) is 11.3 Å². The van der Waals surface area contributed by atoms with Crippen LogP contribution in [0.3, 0.4) is 0 Å². The molecule has 1 heterocycles. The van der Waals surface area contributed by atoms with Crippen molar-refractivity contribution in [3.63, 3.8) is 0 Å². The highest BCUT2D eigenvalue weighted by Gasteiger charge is 2.05. The first-order chi connectivity index (χ1) is 8.58. The fourth-order valence-electron chi connectivity index (χ4n) is 1.56. The SMILES string of the molecule is CC(=O)c1ccc(-c2ccc(C(=O)O)cc2)nc1. The summed E-state index contributed by atoms with van der Waals surface area (Å²) in [6, 6.07) is 9.89. The lowest BCUT2D eigenvalue weighted by Crippen LogP contribution is -1.96. The molecule has 4 heteroatoms. The average molecular weight is 241 g/mol. The van der Waals surface area contributed by atoms with Crippen molar-refractivity contribution in [1.29, 1.82) is 0 Å². The van der Waals surface area contributed by atoms with Gasteiger partial charge in [0.2, 0.25) is 0 Å². The Labute approximate surface area is 104 Å². The van der Waals surface area contributed by atoms with Crippen molar-refractivity contribution >= 4 is 11.8 Å². The predicted molar refractivity (Wildman–Crippen MR) is 66.6 cm³/mol. The first-order valence-electron chi connectivity index (χ1n) is 5.38. The number of carbonyl (C=O) groups excluding carboxylic acids is 1. The Balaban J connectivity index is 2.31. The zero-order valence-corrected chi connectivity index (χ0v) is 9.75. The average Bonchev–Trinajstić information content (AvgIpc) is 2.39. The van der Waals surface area contributed by atoms with Crippen LogP contribution in [-0.4, -0.2) is 21.8 Å². The van der Waals surface area contributed by atoms with Crippen LogP contribution in [0.5, 0.6) is 0 Å². The summed E-state index contributed by atoms with van der Waals surface area (Å²) in [7, 11) is 0. The molecule has 0 spiro atoms. The summed E-state index contributed by atoms with van der Waals surface area (Å²) >= 11 is 0. The number of aromatic nitrogens is 1. The van der Waals surface area contributed by atoms with Gasteiger partial charge in [0.05, 0.1) is 11.3 Å². The molecule has 0 radical (unpaired) electrons. The van der Waals surface area contributed by atoms with Gasteiger partial charge in [-0.05, 0) is 31.2 Å². The van der Waals surface area contributed by atoms with Gasteiger partial charge in [-0.15, -0.1) is 0 Å². The molecule has 4 nitrogen and oxygen atoms in total. The molecule has 0 atom stereocenters. The zero-order chi connectivity index (χ0) is 13.1. The molecule has 0 unspecified atom stereocenters. The van der Waals surface area contributed by atoms with Crippen LogP contribution < -0.4 is 0 Å². The quantitative estimate of drug-likeness (QED) is 0.839. The van der Waals surface area contributed by atoms with Crippen molar-refractivity contribution in [2.24, 2.45) is 0 Å². The number of pyridine rings is 1. The van der Waals surface area contributed by atoms with Gasteiger partial charge in [0, 0.05) is 17.3 Å². The second kappa shape index (κ2) is 4.79. The molecule has 2 aromatic rings. The summed E-state index contributed by atoms with van der Waals surface area (Å²) in [4.78, 5) is 26.0. The standard InChI is InChI=1S/C14H11NO3/c1-9(16)12-6-7-13(15-8-12)10-2-4-11(5-3-10)14(17)18/h2-8H,1H3,(H,17,18). The van der Waals surface area contributed by atoms with Crippen LogP contribution in [0, 0.1) is 0 Å². The van der Waals surface area contributed by atoms with Crippen molar-refractivity contribution in [3.8, 4) is 11.3 Å². The predicted octanol–water partition coefficient (Wildman–Crippen LogP) is 2.65. The molecule has 1 aromatic heterocycles. The van der Waals surface area contributed by atoms with Gasteiger partial charge in [0.1, 0.15) is 0 Å². The maximum Gasteiger partial charge on any atom is 0.335 e. The van der Waals surface area contributed by atoms with E-state index in [4.69, 9.17) is 5.11 Å². The summed E-state index contributed by atoms with van der Waals surface area (Å²) < 4.78 is 0. The summed E-state index contributed by atoms with van der Waals surface area (Å²) in [6.07, 6.45) is 1.52. The van der Waals surface area contributed by atoms with Crippen LogP contribution in [0.1, 0.15) is 27.6 Å². The molecule has 1 aromatic carbocycles. The molecule has 0 saturated heterocycles. The Bertz CT molecular complexity index is 530. The minimum Gasteiger partial charge on any atom is -0.478 e. The largest absolute Gasteiger partial charge is 0.478 e. The number of hydrogen-bond acceptors (Lipinski definition) is 3. The fourth-order valence-corrected chi connectivity index (χ4v) is 1.56. The van der Waals surface area contributed by atoms with E-state index in [0.717, 1.165) is 5.56 Å². The zero-order valence-electron chi connectivity index (χ0n) is 9.75. The molecule has 0 saturated carbocycles. The second-order valence-corrected chi connectivity index (χ2v) is 3.87. The van der Waals surface area contributed by atoms with Gasteiger partial charge in [0.15, 0.2) is 5.78 Å². The molecule has 0 fully saturated rings. The van der Waals surface area contributed by atoms with Crippen molar-refractivity contribution < 1.29 is 14.7 Å². The van der Waals surface area contributed by atoms with Gasteiger partial charge >= 0.3 is 5.97 Å². The highest BCUT2D eigenvalue weighted by atomic mass is 16.4. The summed E-state index contributed by atoms with van der Waals surface area (Å²) in [6.45, 7) is 1.48. The summed E-state index contributed by atoms with van der Waals surface area (Å²) in [5.41, 5.74) is 2.31. The highest BCUT2D eigenvalue weighted by molar-refractivity contribution is 5.94. The Morgan fingerprint density at radius 3 is 2.06 bits per heavy atom. The van der Waals surface area contributed by atoms with E-state index in [1.54, 1.807) is 24.3 Å². The summed E-state index contributed by atoms with van der Waals surface area (Å²) in [5, 5.41) is 8.79. The van der Waals surface area contributed by atoms with Crippen LogP contribution >= 0.6 is 0 Å². The molecular weight excluding hydrogens is 230 g/mol. The summed E-state index contributed by atoms with van der Waals surface area (Å²) in [5.74, 6) is -0.989. The van der Waals surface area contributed by atoms with Gasteiger partial charge in [-0.3, -0.25) is 9.78 Å². The van der Waals surface area contributed by atoms with E-state index in [1.165, 1.54) is 25.3 Å². The maximum atomic E-state index is 11.1. The number of carboxylic acids is 1. The van der Waals surface area contributed by atoms with E-state index in [9.17, 15) is 9.59 Å². The van der Waals surface area contributed by atoms with Gasteiger partial charge < -0.3 is 5.11 Å². The Kier molecular flexibility index (Phi) is 3.19. The minimum atomic E-state index is -0.957. The molecule has 0 aliphatic carbocycles. The first kappa shape index (κ1) is 12.0. The van der Waals surface area contributed by atoms with Gasteiger partial charge in [-0.2, -0.15) is 0 Å². The number of nitrogens with zero attached hydrogens (tertiary/aromatic N) is 1. The first-order valence-corrected chi connectivity index (χ1v) is 5.38. The monoisotopic (exact) mass is 241 g/mol. The van der Waals surface area contributed by atoms with Crippen LogP contribution in [0.4, 0.5) is 0 Å². The third-order valence-corrected chi connectivity index (χ3v) is 2.60. The van der Waals surface area contributed by atoms with Crippen molar-refractivity contribution in [2.45, 2.75) is 6.92 Å². The van der Waals surface area contributed by atoms with E-state index in [-0.39, 0.29) is 11.3 Å². The molecule has 18 heavy (non-hydrogen) atoms. The van der Waals surface area contributed by atoms with Crippen LogP contribution in [0.2, 0.25) is 0 Å². The molecular formula is C14H11NO3. The smallest absolute Gasteiger partial charge is 0.335 e. The molecule has 1 N–H and O–H groups in total. The number of carbonyl (C=O) groups is 2. The van der Waals surface area contributed by atoms with Crippen LogP contribution in [0.25, 0.3) is 11.3 Å². The fraction of sp³-hybridized carbons (Fsp3) is 0.0714. The highest BCUT2D eigenvalue weighted by Crippen LogP contribution is 2.17. The number of ketones is 1. The third kappa shape index (κ3) is 2.43. The normalized spacial score (nSPS) is 10.1. The lowest BCUT2D eigenvalue weighted by atomic mass is 10.1. The Morgan fingerprint density at radius 1 is 1.00 bits per heavy atom. The van der Waals surface area contributed by atoms with E-state index in [2.05, 4.69) is 4.98 Å². The number of rotatable bonds is 3. The molecule has 0 bridgehead atoms. The van der Waals surface area contributed by atoms with Crippen molar-refractivity contribution in [3.05, 3.63) is 53.7 Å². The third-order valence-electron chi connectivity index (χ3n) is 2.60. The number of aromatic carboxylic acids is 1. The topological polar surface area (TPSA) is 67.3 Å². The lowest BCUT2D eigenvalue weighted by molar-refractivity contribution is 0.0696. The lowest BCUT2D eigenvalue weighted by Gasteiger charge is -2.02. The number of hydrogen-bond donors (Lipinski definition) is 1.